The lowest BCUT2D eigenvalue weighted by atomic mass is 10.5. The molecular weight excluding hydrogens is 234 g/mol. The van der Waals surface area contributed by atoms with Crippen molar-refractivity contribution in [3.63, 3.8) is 0 Å². The molecule has 0 saturated carbocycles. The molecule has 0 unspecified atom stereocenters. The van der Waals surface area contributed by atoms with Gasteiger partial charge in [-0.15, -0.1) is 0 Å². The van der Waals surface area contributed by atoms with Crippen LogP contribution in [0.15, 0.2) is 10.3 Å². The van der Waals surface area contributed by atoms with Crippen LogP contribution >= 0.6 is 22.2 Å². The minimum atomic E-state index is -3.67. The number of rotatable bonds is 3. The van der Waals surface area contributed by atoms with Gasteiger partial charge >= 0.3 is 0 Å². The van der Waals surface area contributed by atoms with E-state index in [-0.39, 0.29) is 10.3 Å². The number of hydrogen-bond donors (Lipinski definition) is 0. The average Bonchev–Trinajstić information content (AvgIpc) is 2.32. The van der Waals surface area contributed by atoms with Gasteiger partial charge in [-0.1, -0.05) is 0 Å². The summed E-state index contributed by atoms with van der Waals surface area (Å²) in [6.45, 7) is 3.66. The van der Waals surface area contributed by atoms with Crippen molar-refractivity contribution in [2.45, 2.75) is 24.2 Å². The maximum absolute atomic E-state index is 10.8. The molecule has 0 spiro atoms. The maximum atomic E-state index is 10.8. The maximum Gasteiger partial charge on any atom is 0.272 e. The highest BCUT2D eigenvalue weighted by Gasteiger charge is 2.15. The van der Waals surface area contributed by atoms with Crippen LogP contribution in [0, 0.1) is 0 Å². The molecule has 74 valence electrons. The molecule has 4 nitrogen and oxygen atoms in total. The molecule has 7 heteroatoms. The second kappa shape index (κ2) is 3.81. The quantitative estimate of drug-likeness (QED) is 0.758. The van der Waals surface area contributed by atoms with E-state index in [2.05, 4.69) is 4.37 Å². The summed E-state index contributed by atoms with van der Waals surface area (Å²) in [7, 11) is 1.43. The van der Waals surface area contributed by atoms with Crippen molar-refractivity contribution in [3.05, 3.63) is 6.07 Å². The molecule has 0 N–H and O–H groups in total. The Hall–Kier alpha value is -0.330. The van der Waals surface area contributed by atoms with E-state index in [4.69, 9.17) is 15.4 Å². The summed E-state index contributed by atoms with van der Waals surface area (Å²) in [4.78, 5) is 0. The van der Waals surface area contributed by atoms with Gasteiger partial charge in [-0.05, 0) is 25.4 Å². The molecule has 1 heterocycles. The van der Waals surface area contributed by atoms with Gasteiger partial charge in [-0.25, -0.2) is 8.42 Å². The first-order valence-electron chi connectivity index (χ1n) is 3.47. The molecule has 0 aliphatic carbocycles. The number of ether oxygens (including phenoxy) is 1. The van der Waals surface area contributed by atoms with Gasteiger partial charge in [0.25, 0.3) is 9.05 Å². The predicted molar refractivity (Wildman–Crippen MR) is 50.9 cm³/mol. The lowest BCUT2D eigenvalue weighted by molar-refractivity contribution is 0.235. The van der Waals surface area contributed by atoms with E-state index in [1.165, 1.54) is 6.07 Å². The van der Waals surface area contributed by atoms with Crippen LogP contribution in [0.3, 0.4) is 0 Å². The highest BCUT2D eigenvalue weighted by molar-refractivity contribution is 8.15. The molecule has 0 atom stereocenters. The van der Waals surface area contributed by atoms with Crippen LogP contribution in [0.1, 0.15) is 13.8 Å². The molecule has 0 saturated heterocycles. The second-order valence-electron chi connectivity index (χ2n) is 2.59. The van der Waals surface area contributed by atoms with Crippen molar-refractivity contribution in [3.8, 4) is 5.88 Å². The third-order valence-corrected chi connectivity index (χ3v) is 3.89. The van der Waals surface area contributed by atoms with E-state index in [0.717, 1.165) is 11.5 Å². The molecule has 0 radical (unpaired) electrons. The molecule has 0 aromatic carbocycles. The normalized spacial score (nSPS) is 12.0. The summed E-state index contributed by atoms with van der Waals surface area (Å²) >= 11 is 0.804. The predicted octanol–water partition coefficient (Wildman–Crippen LogP) is 1.86. The van der Waals surface area contributed by atoms with Crippen molar-refractivity contribution >= 4 is 31.3 Å². The second-order valence-corrected chi connectivity index (χ2v) is 6.19. The molecule has 1 aromatic rings. The van der Waals surface area contributed by atoms with Gasteiger partial charge in [0.2, 0.25) is 5.88 Å². The summed E-state index contributed by atoms with van der Waals surface area (Å²) in [5.74, 6) is 0.291. The van der Waals surface area contributed by atoms with Crippen LogP contribution in [0.5, 0.6) is 5.88 Å². The monoisotopic (exact) mass is 241 g/mol. The van der Waals surface area contributed by atoms with Gasteiger partial charge in [0.1, 0.15) is 0 Å². The van der Waals surface area contributed by atoms with Crippen LogP contribution in [0.2, 0.25) is 0 Å². The van der Waals surface area contributed by atoms with E-state index in [0.29, 0.717) is 5.88 Å². The van der Waals surface area contributed by atoms with Gasteiger partial charge < -0.3 is 4.74 Å². The Morgan fingerprint density at radius 3 is 2.62 bits per heavy atom. The highest BCUT2D eigenvalue weighted by atomic mass is 35.7. The van der Waals surface area contributed by atoms with E-state index in [1.807, 2.05) is 13.8 Å². The molecule has 1 rings (SSSR count). The van der Waals surface area contributed by atoms with Crippen molar-refractivity contribution in [2.75, 3.05) is 0 Å². The first-order valence-corrected chi connectivity index (χ1v) is 6.56. The van der Waals surface area contributed by atoms with E-state index < -0.39 is 9.05 Å². The molecule has 0 aliphatic heterocycles. The summed E-state index contributed by atoms with van der Waals surface area (Å²) in [6, 6.07) is 1.31. The van der Waals surface area contributed by atoms with Crippen molar-refractivity contribution in [1.82, 2.24) is 4.37 Å². The summed E-state index contributed by atoms with van der Waals surface area (Å²) in [5, 5.41) is 0. The van der Waals surface area contributed by atoms with Crippen LogP contribution < -0.4 is 4.74 Å². The van der Waals surface area contributed by atoms with Gasteiger partial charge in [0.05, 0.1) is 6.10 Å². The Kier molecular flexibility index (Phi) is 3.15. The SMILES string of the molecule is CC(C)Oc1cc(S(=O)(=O)Cl)sn1. The van der Waals surface area contributed by atoms with Crippen molar-refractivity contribution in [2.24, 2.45) is 0 Å². The van der Waals surface area contributed by atoms with Crippen molar-refractivity contribution in [1.29, 1.82) is 0 Å². The average molecular weight is 242 g/mol. The number of hydrogen-bond acceptors (Lipinski definition) is 5. The summed E-state index contributed by atoms with van der Waals surface area (Å²) < 4.78 is 30.6. The summed E-state index contributed by atoms with van der Waals surface area (Å²) in [6.07, 6.45) is -0.0343. The Balaban J connectivity index is 2.88. The molecule has 0 fully saturated rings. The molecule has 0 aliphatic rings. The zero-order chi connectivity index (χ0) is 10.1. The standard InChI is InChI=1S/C6H8ClNO3S2/c1-4(2)11-5-3-6(12-8-5)13(7,9)10/h3-4H,1-2H3. The largest absolute Gasteiger partial charge is 0.474 e. The van der Waals surface area contributed by atoms with Crippen LogP contribution in [-0.2, 0) is 9.05 Å². The molecular formula is C6H8ClNO3S2. The third-order valence-electron chi connectivity index (χ3n) is 1.06. The Bertz CT molecular complexity index is 384. The van der Waals surface area contributed by atoms with Gasteiger partial charge in [0, 0.05) is 16.7 Å². The van der Waals surface area contributed by atoms with E-state index in [1.54, 1.807) is 0 Å². The molecule has 0 bridgehead atoms. The number of nitrogens with zero attached hydrogens (tertiary/aromatic N) is 1. The van der Waals surface area contributed by atoms with Crippen LogP contribution in [0.25, 0.3) is 0 Å². The molecule has 1 aromatic heterocycles. The molecule has 0 amide bonds. The van der Waals surface area contributed by atoms with Gasteiger partial charge in [0.15, 0.2) is 4.21 Å². The number of halogens is 1. The minimum Gasteiger partial charge on any atom is -0.474 e. The van der Waals surface area contributed by atoms with Crippen molar-refractivity contribution < 1.29 is 13.2 Å². The van der Waals surface area contributed by atoms with E-state index in [9.17, 15) is 8.42 Å². The summed E-state index contributed by atoms with van der Waals surface area (Å²) in [5.41, 5.74) is 0. The minimum absolute atomic E-state index is 0.00446. The lowest BCUT2D eigenvalue weighted by Crippen LogP contribution is -2.05. The zero-order valence-electron chi connectivity index (χ0n) is 7.02. The van der Waals surface area contributed by atoms with Crippen LogP contribution in [0.4, 0.5) is 0 Å². The first-order chi connectivity index (χ1) is 5.89. The topological polar surface area (TPSA) is 56.3 Å². The molecule has 13 heavy (non-hydrogen) atoms. The van der Waals surface area contributed by atoms with E-state index >= 15 is 0 Å². The Morgan fingerprint density at radius 1 is 1.62 bits per heavy atom. The highest BCUT2D eigenvalue weighted by Crippen LogP contribution is 2.24. The van der Waals surface area contributed by atoms with Crippen LogP contribution in [-0.4, -0.2) is 18.9 Å². The van der Waals surface area contributed by atoms with Gasteiger partial charge in [-0.3, -0.25) is 0 Å². The fraction of sp³-hybridized carbons (Fsp3) is 0.500. The Morgan fingerprint density at radius 2 is 2.23 bits per heavy atom. The number of aromatic nitrogens is 1. The van der Waals surface area contributed by atoms with Gasteiger partial charge in [-0.2, -0.15) is 4.37 Å². The third kappa shape index (κ3) is 3.13. The first kappa shape index (κ1) is 10.7. The zero-order valence-corrected chi connectivity index (χ0v) is 9.41. The fourth-order valence-electron chi connectivity index (χ4n) is 0.655. The fourth-order valence-corrected chi connectivity index (χ4v) is 2.18. The smallest absolute Gasteiger partial charge is 0.272 e. The Labute approximate surface area is 85.1 Å². The lowest BCUT2D eigenvalue weighted by Gasteiger charge is -2.03.